The van der Waals surface area contributed by atoms with Crippen molar-refractivity contribution < 1.29 is 9.78 Å². The Labute approximate surface area is 137 Å². The average Bonchev–Trinajstić information content (AvgIpc) is 2.46. The Kier molecular flexibility index (Phi) is 5.30. The minimum atomic E-state index is -0.504. The van der Waals surface area contributed by atoms with E-state index in [1.54, 1.807) is 0 Å². The number of nitrogens with zero attached hydrogens (tertiary/aromatic N) is 1. The Morgan fingerprint density at radius 1 is 1.38 bits per heavy atom. The number of H-pyrrole nitrogens is 1. The Morgan fingerprint density at radius 3 is 2.76 bits per heavy atom. The molecule has 0 unspecified atom stereocenters. The number of nitrogens with one attached hydrogen (secondary N) is 2. The number of pyridine rings is 1. The molecule has 1 aromatic heterocycles. The smallest absolute Gasteiger partial charge is 0.337 e. The fourth-order valence-electron chi connectivity index (χ4n) is 2.27. The zero-order valence-corrected chi connectivity index (χ0v) is 13.7. The van der Waals surface area contributed by atoms with Crippen LogP contribution in [0.2, 0.25) is 15.2 Å². The molecule has 1 aromatic rings. The lowest BCUT2D eigenvalue weighted by Crippen LogP contribution is -2.29. The normalized spacial score (nSPS) is 20.6. The van der Waals surface area contributed by atoms with Gasteiger partial charge in [-0.3, -0.25) is 4.79 Å². The molecule has 1 heterocycles. The van der Waals surface area contributed by atoms with Crippen molar-refractivity contribution in [3.63, 3.8) is 0 Å². The Hall–Kier alpha value is -1.04. The molecule has 1 atom stereocenters. The number of hydrazone groups is 1. The van der Waals surface area contributed by atoms with Crippen molar-refractivity contribution in [2.75, 3.05) is 5.73 Å². The van der Waals surface area contributed by atoms with Crippen molar-refractivity contribution in [3.8, 4) is 0 Å². The number of carbonyl (C=O) groups is 1. The lowest BCUT2D eigenvalue weighted by atomic mass is 9.89. The van der Waals surface area contributed by atoms with Gasteiger partial charge in [-0.05, 0) is 43.2 Å². The van der Waals surface area contributed by atoms with Crippen LogP contribution in [-0.2, 0) is 0 Å². The van der Waals surface area contributed by atoms with Crippen LogP contribution in [0.15, 0.2) is 5.10 Å². The summed E-state index contributed by atoms with van der Waals surface area (Å²) in [5.41, 5.74) is 9.25. The van der Waals surface area contributed by atoms with Crippen molar-refractivity contribution in [2.45, 2.75) is 32.6 Å². The molecule has 0 bridgehead atoms. The summed E-state index contributed by atoms with van der Waals surface area (Å²) in [6.07, 6.45) is 4.06. The largest absolute Gasteiger partial charge is 0.396 e. The highest BCUT2D eigenvalue weighted by Crippen LogP contribution is 2.32. The Balaban J connectivity index is 2.16. The third kappa shape index (κ3) is 3.78. The molecule has 5 nitrogen and oxygen atoms in total. The van der Waals surface area contributed by atoms with Crippen LogP contribution >= 0.6 is 34.8 Å². The third-order valence-corrected chi connectivity index (χ3v) is 4.57. The number of nitrogen functional groups attached to an aromatic ring is 1. The Morgan fingerprint density at radius 2 is 2.10 bits per heavy atom. The fraction of sp³-hybridized carbons (Fsp3) is 0.462. The van der Waals surface area contributed by atoms with Crippen molar-refractivity contribution in [3.05, 3.63) is 20.9 Å². The first kappa shape index (κ1) is 16.3. The predicted molar refractivity (Wildman–Crippen MR) is 85.0 cm³/mol. The van der Waals surface area contributed by atoms with Crippen molar-refractivity contribution >= 4 is 52.1 Å². The molecule has 0 saturated heterocycles. The highest BCUT2D eigenvalue weighted by atomic mass is 35.5. The van der Waals surface area contributed by atoms with Gasteiger partial charge in [0.1, 0.15) is 10.0 Å². The molecule has 1 aliphatic carbocycles. The van der Waals surface area contributed by atoms with Crippen LogP contribution in [0.1, 0.15) is 43.1 Å². The van der Waals surface area contributed by atoms with Gasteiger partial charge < -0.3 is 5.73 Å². The average molecular weight is 351 g/mol. The molecule has 1 amide bonds. The number of hydrogen-bond donors (Lipinski definition) is 2. The van der Waals surface area contributed by atoms with E-state index in [0.29, 0.717) is 5.92 Å². The number of hydrogen-bond acceptors (Lipinski definition) is 3. The molecule has 1 saturated carbocycles. The standard InChI is InChI=1S/C13H15Cl3N4O/c1-6-3-2-4-7(5-6)19-20-13(21)11-8(14)10(17)9(15)12(16)18-11/h6H,2-5H2,1H3,(H2,17,18)(H,20,21)/p+1/b19-7-/t6-/m0/s1. The van der Waals surface area contributed by atoms with E-state index in [1.165, 1.54) is 6.42 Å². The highest BCUT2D eigenvalue weighted by molar-refractivity contribution is 6.45. The number of halogens is 3. The molecule has 2 rings (SSSR count). The monoisotopic (exact) mass is 349 g/mol. The van der Waals surface area contributed by atoms with Crippen LogP contribution < -0.4 is 16.1 Å². The quantitative estimate of drug-likeness (QED) is 0.633. The van der Waals surface area contributed by atoms with Crippen LogP contribution in [0.3, 0.4) is 0 Å². The summed E-state index contributed by atoms with van der Waals surface area (Å²) in [6.45, 7) is 2.17. The fourth-order valence-corrected chi connectivity index (χ4v) is 2.89. The van der Waals surface area contributed by atoms with Gasteiger partial charge >= 0.3 is 5.91 Å². The first-order valence-corrected chi connectivity index (χ1v) is 7.74. The predicted octanol–water partition coefficient (Wildman–Crippen LogP) is 3.34. The summed E-state index contributed by atoms with van der Waals surface area (Å²) >= 11 is 17.7. The molecule has 1 aliphatic rings. The van der Waals surface area contributed by atoms with Gasteiger partial charge in [-0.15, -0.1) is 0 Å². The van der Waals surface area contributed by atoms with Crippen molar-refractivity contribution in [1.29, 1.82) is 0 Å². The van der Waals surface area contributed by atoms with Gasteiger partial charge in [0.25, 0.3) is 10.8 Å². The molecule has 21 heavy (non-hydrogen) atoms. The number of aromatic nitrogens is 1. The molecular formula is C13H16Cl3N4O+. The van der Waals surface area contributed by atoms with E-state index in [2.05, 4.69) is 22.4 Å². The second kappa shape index (κ2) is 6.81. The maximum atomic E-state index is 12.1. The molecule has 1 fully saturated rings. The van der Waals surface area contributed by atoms with E-state index in [1.807, 2.05) is 0 Å². The van der Waals surface area contributed by atoms with E-state index in [-0.39, 0.29) is 26.6 Å². The number of aromatic amines is 1. The van der Waals surface area contributed by atoms with Gasteiger partial charge in [0.2, 0.25) is 0 Å². The van der Waals surface area contributed by atoms with E-state index in [4.69, 9.17) is 40.5 Å². The van der Waals surface area contributed by atoms with Gasteiger partial charge in [-0.1, -0.05) is 30.1 Å². The number of anilines is 1. The minimum Gasteiger partial charge on any atom is -0.396 e. The van der Waals surface area contributed by atoms with Crippen molar-refractivity contribution in [1.82, 2.24) is 5.43 Å². The van der Waals surface area contributed by atoms with Crippen LogP contribution in [0, 0.1) is 5.92 Å². The number of carbonyl (C=O) groups excluding carboxylic acids is 1. The molecule has 4 N–H and O–H groups in total. The summed E-state index contributed by atoms with van der Waals surface area (Å²) in [5, 5.41) is 4.33. The topological polar surface area (TPSA) is 81.6 Å². The van der Waals surface area contributed by atoms with Crippen LogP contribution in [-0.4, -0.2) is 11.6 Å². The summed E-state index contributed by atoms with van der Waals surface area (Å²) < 4.78 is 0. The molecule has 0 radical (unpaired) electrons. The van der Waals surface area contributed by atoms with Crippen LogP contribution in [0.25, 0.3) is 0 Å². The van der Waals surface area contributed by atoms with Crippen LogP contribution in [0.4, 0.5) is 5.69 Å². The summed E-state index contributed by atoms with van der Waals surface area (Å²) in [4.78, 5) is 14.7. The summed E-state index contributed by atoms with van der Waals surface area (Å²) in [7, 11) is 0. The SMILES string of the molecule is C[C@H]1CCC/C(=N/NC(=O)c2[nH+]c(Cl)c(Cl)c(N)c2Cl)C1. The molecular weight excluding hydrogens is 335 g/mol. The highest BCUT2D eigenvalue weighted by Gasteiger charge is 2.26. The third-order valence-electron chi connectivity index (χ3n) is 3.41. The Bertz CT molecular complexity index is 604. The summed E-state index contributed by atoms with van der Waals surface area (Å²) in [5.74, 6) is 0.0844. The number of amides is 1. The van der Waals surface area contributed by atoms with Gasteiger partial charge in [-0.2, -0.15) is 10.1 Å². The lowest BCUT2D eigenvalue weighted by molar-refractivity contribution is -0.379. The zero-order valence-electron chi connectivity index (χ0n) is 11.5. The first-order chi connectivity index (χ1) is 9.90. The summed E-state index contributed by atoms with van der Waals surface area (Å²) in [6, 6.07) is 0. The number of rotatable bonds is 2. The molecule has 0 aliphatic heterocycles. The zero-order chi connectivity index (χ0) is 15.6. The molecule has 114 valence electrons. The first-order valence-electron chi connectivity index (χ1n) is 6.61. The van der Waals surface area contributed by atoms with Gasteiger partial charge in [-0.25, -0.2) is 5.43 Å². The van der Waals surface area contributed by atoms with E-state index < -0.39 is 5.91 Å². The van der Waals surface area contributed by atoms with E-state index in [0.717, 1.165) is 25.0 Å². The molecule has 0 spiro atoms. The van der Waals surface area contributed by atoms with Gasteiger partial charge in [0.05, 0.1) is 5.69 Å². The second-order valence-corrected chi connectivity index (χ2v) is 6.31. The van der Waals surface area contributed by atoms with Gasteiger partial charge in [0.15, 0.2) is 0 Å². The number of nitrogens with two attached hydrogens (primary N) is 1. The molecule has 8 heteroatoms. The maximum Gasteiger partial charge on any atom is 0.337 e. The maximum absolute atomic E-state index is 12.1. The minimum absolute atomic E-state index is 0.0270. The lowest BCUT2D eigenvalue weighted by Gasteiger charge is -2.18. The molecule has 0 aromatic carbocycles. The van der Waals surface area contributed by atoms with Crippen LogP contribution in [0.5, 0.6) is 0 Å². The van der Waals surface area contributed by atoms with Gasteiger partial charge in [0, 0.05) is 5.71 Å². The van der Waals surface area contributed by atoms with Crippen molar-refractivity contribution in [2.24, 2.45) is 11.0 Å². The van der Waals surface area contributed by atoms with E-state index in [9.17, 15) is 4.79 Å². The van der Waals surface area contributed by atoms with E-state index >= 15 is 0 Å². The second-order valence-electron chi connectivity index (χ2n) is 5.18.